The molecule has 0 bridgehead atoms. The Hall–Kier alpha value is -0.910. The molecule has 0 aliphatic carbocycles. The molecule has 5 heteroatoms. The molecule has 0 aromatic carbocycles. The van der Waals surface area contributed by atoms with Crippen molar-refractivity contribution < 1.29 is 20.1 Å². The van der Waals surface area contributed by atoms with Gasteiger partial charge in [0.1, 0.15) is 6.10 Å². The van der Waals surface area contributed by atoms with Gasteiger partial charge < -0.3 is 20.6 Å². The molecule has 3 unspecified atom stereocenters. The molecule has 5 nitrogen and oxygen atoms in total. The number of allylic oxidation sites excluding steroid dienone is 1. The lowest BCUT2D eigenvalue weighted by Crippen LogP contribution is -2.48. The highest BCUT2D eigenvalue weighted by atomic mass is 16.3. The van der Waals surface area contributed by atoms with E-state index in [0.29, 0.717) is 6.42 Å². The predicted molar refractivity (Wildman–Crippen MR) is 245 cm³/mol. The van der Waals surface area contributed by atoms with Gasteiger partial charge in [-0.3, -0.25) is 4.79 Å². The fourth-order valence-electron chi connectivity index (χ4n) is 8.13. The van der Waals surface area contributed by atoms with Gasteiger partial charge in [0.15, 0.2) is 0 Å². The number of carbonyl (C=O) groups excluding carboxylic acids is 1. The largest absolute Gasteiger partial charge is 0.394 e. The van der Waals surface area contributed by atoms with Gasteiger partial charge in [0.2, 0.25) is 5.91 Å². The Kier molecular flexibility index (Phi) is 46.0. The van der Waals surface area contributed by atoms with Crippen molar-refractivity contribution in [2.75, 3.05) is 6.61 Å². The van der Waals surface area contributed by atoms with Gasteiger partial charge in [-0.05, 0) is 19.3 Å². The number of aliphatic hydroxyl groups excluding tert-OH is 3. The van der Waals surface area contributed by atoms with Gasteiger partial charge in [-0.1, -0.05) is 276 Å². The van der Waals surface area contributed by atoms with Crippen molar-refractivity contribution >= 4 is 5.91 Å². The number of hydrogen-bond acceptors (Lipinski definition) is 4. The maximum Gasteiger partial charge on any atom is 0.249 e. The van der Waals surface area contributed by atoms with Gasteiger partial charge in [-0.25, -0.2) is 0 Å². The highest BCUT2D eigenvalue weighted by Gasteiger charge is 2.22. The molecule has 0 aliphatic rings. The van der Waals surface area contributed by atoms with E-state index in [1.165, 1.54) is 231 Å². The number of hydrogen-bond donors (Lipinski definition) is 4. The summed E-state index contributed by atoms with van der Waals surface area (Å²) in [6, 6.07) is -0.793. The maximum atomic E-state index is 12.5. The van der Waals surface area contributed by atoms with Crippen LogP contribution in [-0.4, -0.2) is 46.1 Å². The van der Waals surface area contributed by atoms with E-state index in [1.807, 2.05) is 6.08 Å². The third-order valence-corrected chi connectivity index (χ3v) is 12.1. The summed E-state index contributed by atoms with van der Waals surface area (Å²) >= 11 is 0. The van der Waals surface area contributed by atoms with Crippen LogP contribution in [0.4, 0.5) is 0 Å². The second-order valence-corrected chi connectivity index (χ2v) is 17.7. The number of carbonyl (C=O) groups is 1. The topological polar surface area (TPSA) is 89.8 Å². The minimum absolute atomic E-state index is 0.359. The number of nitrogens with one attached hydrogen (secondary N) is 1. The smallest absolute Gasteiger partial charge is 0.249 e. The van der Waals surface area contributed by atoms with Crippen LogP contribution in [0.15, 0.2) is 12.2 Å². The Balaban J connectivity index is 3.58. The fraction of sp³-hybridized carbons (Fsp3) is 0.941. The molecule has 0 aromatic heterocycles. The van der Waals surface area contributed by atoms with Crippen molar-refractivity contribution in [3.05, 3.63) is 12.2 Å². The fourth-order valence-corrected chi connectivity index (χ4v) is 8.13. The molecule has 0 fully saturated rings. The highest BCUT2D eigenvalue weighted by molar-refractivity contribution is 5.80. The molecule has 0 heterocycles. The molecule has 0 aromatic rings. The Morgan fingerprint density at radius 2 is 0.696 bits per heavy atom. The van der Waals surface area contributed by atoms with E-state index < -0.39 is 24.2 Å². The Bertz CT molecular complexity index is 788. The molecule has 0 rings (SSSR count). The van der Waals surface area contributed by atoms with Crippen LogP contribution in [0.25, 0.3) is 0 Å². The van der Waals surface area contributed by atoms with Crippen molar-refractivity contribution in [3.8, 4) is 0 Å². The normalized spacial score (nSPS) is 13.4. The Labute approximate surface area is 350 Å². The van der Waals surface area contributed by atoms with Crippen LogP contribution in [0.3, 0.4) is 0 Å². The summed E-state index contributed by atoms with van der Waals surface area (Å²) in [4.78, 5) is 12.5. The molecule has 0 saturated heterocycles. The van der Waals surface area contributed by atoms with E-state index in [0.717, 1.165) is 32.1 Å². The van der Waals surface area contributed by atoms with Gasteiger partial charge in [-0.15, -0.1) is 0 Å². The zero-order valence-corrected chi connectivity index (χ0v) is 38.0. The molecule has 0 aliphatic heterocycles. The maximum absolute atomic E-state index is 12.5. The number of aliphatic hydroxyl groups is 3. The second-order valence-electron chi connectivity index (χ2n) is 17.7. The standard InChI is InChI=1S/C51H101NO4/c1-3-5-7-9-11-13-15-17-19-21-23-24-25-26-28-29-31-33-35-37-39-41-43-45-49(54)48(47-53)52-51(56)50(55)46-44-42-40-38-36-34-32-30-27-22-20-18-16-14-12-10-8-6-4-2/h43,45,48-50,53-55H,3-42,44,46-47H2,1-2H3,(H,52,56)/b45-43+. The average Bonchev–Trinajstić information content (AvgIpc) is 3.20. The van der Waals surface area contributed by atoms with Gasteiger partial charge in [0.05, 0.1) is 18.8 Å². The Morgan fingerprint density at radius 1 is 0.429 bits per heavy atom. The first-order valence-electron chi connectivity index (χ1n) is 25.5. The molecule has 0 spiro atoms. The molecule has 0 saturated carbocycles. The molecular formula is C51H101NO4. The third kappa shape index (κ3) is 41.3. The lowest BCUT2D eigenvalue weighted by Gasteiger charge is -2.21. The van der Waals surface area contributed by atoms with Crippen molar-refractivity contribution in [2.24, 2.45) is 0 Å². The minimum Gasteiger partial charge on any atom is -0.394 e. The summed E-state index contributed by atoms with van der Waals surface area (Å²) in [5.74, 6) is -0.497. The van der Waals surface area contributed by atoms with Gasteiger partial charge in [0.25, 0.3) is 0 Å². The average molecular weight is 792 g/mol. The monoisotopic (exact) mass is 792 g/mol. The van der Waals surface area contributed by atoms with Crippen LogP contribution < -0.4 is 5.32 Å². The van der Waals surface area contributed by atoms with Gasteiger partial charge in [-0.2, -0.15) is 0 Å². The molecule has 4 N–H and O–H groups in total. The zero-order chi connectivity index (χ0) is 40.8. The van der Waals surface area contributed by atoms with E-state index >= 15 is 0 Å². The zero-order valence-electron chi connectivity index (χ0n) is 38.0. The summed E-state index contributed by atoms with van der Waals surface area (Å²) in [5.41, 5.74) is 0. The molecule has 3 atom stereocenters. The SMILES string of the molecule is CCCCCCCCCCCCCCCCCCCCCCC/C=C/C(O)C(CO)NC(=O)C(O)CCCCCCCCCCCCCCCCCCCCC. The van der Waals surface area contributed by atoms with E-state index in [2.05, 4.69) is 19.2 Å². The summed E-state index contributed by atoms with van der Waals surface area (Å²) in [6.07, 6.45) is 56.9. The number of amides is 1. The van der Waals surface area contributed by atoms with Crippen molar-refractivity contribution in [3.63, 3.8) is 0 Å². The third-order valence-electron chi connectivity index (χ3n) is 12.1. The molecule has 0 radical (unpaired) electrons. The van der Waals surface area contributed by atoms with Crippen LogP contribution in [-0.2, 0) is 4.79 Å². The summed E-state index contributed by atoms with van der Waals surface area (Å²) < 4.78 is 0. The summed E-state index contributed by atoms with van der Waals surface area (Å²) in [5, 5.41) is 33.3. The van der Waals surface area contributed by atoms with E-state index in [9.17, 15) is 20.1 Å². The molecule has 334 valence electrons. The molecule has 1 amide bonds. The number of unbranched alkanes of at least 4 members (excludes halogenated alkanes) is 39. The van der Waals surface area contributed by atoms with Crippen molar-refractivity contribution in [1.82, 2.24) is 5.32 Å². The molecule has 56 heavy (non-hydrogen) atoms. The first kappa shape index (κ1) is 55.1. The first-order valence-corrected chi connectivity index (χ1v) is 25.5. The highest BCUT2D eigenvalue weighted by Crippen LogP contribution is 2.17. The van der Waals surface area contributed by atoms with E-state index in [4.69, 9.17) is 0 Å². The van der Waals surface area contributed by atoms with Crippen LogP contribution in [0.5, 0.6) is 0 Å². The molecular weight excluding hydrogens is 691 g/mol. The predicted octanol–water partition coefficient (Wildman–Crippen LogP) is 15.2. The van der Waals surface area contributed by atoms with Crippen LogP contribution in [0.1, 0.15) is 284 Å². The van der Waals surface area contributed by atoms with Crippen LogP contribution in [0.2, 0.25) is 0 Å². The first-order chi connectivity index (χ1) is 27.6. The van der Waals surface area contributed by atoms with Crippen molar-refractivity contribution in [2.45, 2.75) is 302 Å². The van der Waals surface area contributed by atoms with E-state index in [1.54, 1.807) is 6.08 Å². The minimum atomic E-state index is -1.09. The van der Waals surface area contributed by atoms with Crippen LogP contribution >= 0.6 is 0 Å². The van der Waals surface area contributed by atoms with Gasteiger partial charge in [0, 0.05) is 0 Å². The Morgan fingerprint density at radius 3 is 0.982 bits per heavy atom. The summed E-state index contributed by atoms with van der Waals surface area (Å²) in [6.45, 7) is 4.22. The van der Waals surface area contributed by atoms with E-state index in [-0.39, 0.29) is 6.61 Å². The quantitative estimate of drug-likeness (QED) is 0.0365. The van der Waals surface area contributed by atoms with Gasteiger partial charge >= 0.3 is 0 Å². The lowest BCUT2D eigenvalue weighted by atomic mass is 10.0. The van der Waals surface area contributed by atoms with Crippen LogP contribution in [0, 0.1) is 0 Å². The number of rotatable bonds is 47. The second kappa shape index (κ2) is 46.8. The summed E-state index contributed by atoms with van der Waals surface area (Å²) in [7, 11) is 0. The lowest BCUT2D eigenvalue weighted by molar-refractivity contribution is -0.131. The van der Waals surface area contributed by atoms with Crippen molar-refractivity contribution in [1.29, 1.82) is 0 Å².